The van der Waals surface area contributed by atoms with Crippen molar-refractivity contribution in [2.75, 3.05) is 12.9 Å². The molecule has 0 bridgehead atoms. The van der Waals surface area contributed by atoms with Gasteiger partial charge in [-0.05, 0) is 59.8 Å². The fraction of sp³-hybridized carbons (Fsp3) is 0.464. The van der Waals surface area contributed by atoms with Gasteiger partial charge in [0.15, 0.2) is 0 Å². The van der Waals surface area contributed by atoms with Crippen LogP contribution in [0.4, 0.5) is 0 Å². The van der Waals surface area contributed by atoms with E-state index in [9.17, 15) is 14.9 Å². The van der Waals surface area contributed by atoms with Crippen molar-refractivity contribution in [3.05, 3.63) is 64.2 Å². The van der Waals surface area contributed by atoms with Crippen molar-refractivity contribution in [2.24, 2.45) is 0 Å². The molecule has 1 aliphatic heterocycles. The molecule has 184 valence electrons. The number of nitrogens with zero attached hydrogens (tertiary/aromatic N) is 1. The van der Waals surface area contributed by atoms with Gasteiger partial charge in [-0.15, -0.1) is 11.8 Å². The highest BCUT2D eigenvalue weighted by Crippen LogP contribution is 2.41. The third kappa shape index (κ3) is 6.65. The Bertz CT molecular complexity index is 1120. The van der Waals surface area contributed by atoms with E-state index < -0.39 is 0 Å². The molecule has 4 rings (SSSR count). The highest BCUT2D eigenvalue weighted by Gasteiger charge is 2.34. The third-order valence-electron chi connectivity index (χ3n) is 6.51. The molecule has 2 aromatic carbocycles. The fourth-order valence-corrected chi connectivity index (χ4v) is 5.35. The Morgan fingerprint density at radius 2 is 1.86 bits per heavy atom. The lowest BCUT2D eigenvalue weighted by atomic mass is 9.91. The second kappa shape index (κ2) is 11.3. The van der Waals surface area contributed by atoms with E-state index >= 15 is 0 Å². The van der Waals surface area contributed by atoms with Crippen molar-refractivity contribution in [1.29, 1.82) is 5.26 Å². The highest BCUT2D eigenvalue weighted by atomic mass is 32.2. The van der Waals surface area contributed by atoms with E-state index in [0.29, 0.717) is 30.7 Å². The Balaban J connectivity index is 1.62. The Morgan fingerprint density at radius 1 is 1.11 bits per heavy atom. The SMILES string of the molecule is CSc1cc(C#N)c(Cc2ccc(C3CC3)cc2)cc1[C@H]1C[C@@H](OC(C)=O)C[C@@H](COC(C)=O)O1. The van der Waals surface area contributed by atoms with Crippen LogP contribution in [0.5, 0.6) is 0 Å². The molecule has 2 aromatic rings. The van der Waals surface area contributed by atoms with Gasteiger partial charge in [-0.2, -0.15) is 5.26 Å². The van der Waals surface area contributed by atoms with E-state index in [1.807, 2.05) is 12.3 Å². The monoisotopic (exact) mass is 493 g/mol. The molecule has 1 saturated carbocycles. The smallest absolute Gasteiger partial charge is 0.302 e. The number of esters is 2. The van der Waals surface area contributed by atoms with Crippen LogP contribution in [-0.4, -0.2) is 37.0 Å². The van der Waals surface area contributed by atoms with Gasteiger partial charge in [0.2, 0.25) is 0 Å². The molecule has 0 unspecified atom stereocenters. The van der Waals surface area contributed by atoms with Crippen LogP contribution in [0.15, 0.2) is 41.3 Å². The quantitative estimate of drug-likeness (QED) is 0.356. The number of hydrogen-bond acceptors (Lipinski definition) is 7. The van der Waals surface area contributed by atoms with Crippen LogP contribution >= 0.6 is 11.8 Å². The molecule has 6 nitrogen and oxygen atoms in total. The van der Waals surface area contributed by atoms with Crippen molar-refractivity contribution in [3.63, 3.8) is 0 Å². The maximum atomic E-state index is 11.7. The van der Waals surface area contributed by atoms with E-state index in [2.05, 4.69) is 36.4 Å². The van der Waals surface area contributed by atoms with Crippen molar-refractivity contribution >= 4 is 23.7 Å². The van der Waals surface area contributed by atoms with Crippen LogP contribution in [0.25, 0.3) is 0 Å². The van der Waals surface area contributed by atoms with Crippen LogP contribution < -0.4 is 0 Å². The van der Waals surface area contributed by atoms with E-state index in [0.717, 1.165) is 21.6 Å². The summed E-state index contributed by atoms with van der Waals surface area (Å²) in [6.07, 6.45) is 5.06. The summed E-state index contributed by atoms with van der Waals surface area (Å²) in [5.41, 5.74) is 5.09. The third-order valence-corrected chi connectivity index (χ3v) is 7.30. The first kappa shape index (κ1) is 25.3. The summed E-state index contributed by atoms with van der Waals surface area (Å²) in [4.78, 5) is 24.0. The number of ether oxygens (including phenoxy) is 3. The summed E-state index contributed by atoms with van der Waals surface area (Å²) in [6.45, 7) is 2.86. The lowest BCUT2D eigenvalue weighted by molar-refractivity contribution is -0.169. The Hall–Kier alpha value is -2.82. The van der Waals surface area contributed by atoms with E-state index in [1.165, 1.54) is 32.3 Å². The van der Waals surface area contributed by atoms with Gasteiger partial charge in [-0.1, -0.05) is 30.3 Å². The van der Waals surface area contributed by atoms with Crippen molar-refractivity contribution in [3.8, 4) is 6.07 Å². The van der Waals surface area contributed by atoms with Crippen LogP contribution in [-0.2, 0) is 30.2 Å². The van der Waals surface area contributed by atoms with Gasteiger partial charge in [0.05, 0.1) is 23.8 Å². The normalized spacial score (nSPS) is 21.7. The molecule has 0 aromatic heterocycles. The zero-order chi connectivity index (χ0) is 24.9. The number of hydrogen-bond donors (Lipinski definition) is 0. The van der Waals surface area contributed by atoms with Crippen molar-refractivity contribution in [2.45, 2.75) is 75.1 Å². The summed E-state index contributed by atoms with van der Waals surface area (Å²) in [7, 11) is 0. The molecule has 1 saturated heterocycles. The number of carbonyl (C=O) groups is 2. The summed E-state index contributed by atoms with van der Waals surface area (Å²) < 4.78 is 17.1. The number of carbonyl (C=O) groups excluding carboxylic acids is 2. The molecule has 0 radical (unpaired) electrons. The molecular formula is C28H31NO5S. The first-order chi connectivity index (χ1) is 16.9. The molecule has 2 aliphatic rings. The minimum atomic E-state index is -0.384. The maximum absolute atomic E-state index is 11.7. The average Bonchev–Trinajstić information content (AvgIpc) is 3.68. The summed E-state index contributed by atoms with van der Waals surface area (Å²) in [6, 6.07) is 15.0. The van der Waals surface area contributed by atoms with Crippen LogP contribution in [0.2, 0.25) is 0 Å². The van der Waals surface area contributed by atoms with Gasteiger partial charge in [0.25, 0.3) is 0 Å². The van der Waals surface area contributed by atoms with Gasteiger partial charge in [0.1, 0.15) is 12.7 Å². The predicted molar refractivity (Wildman–Crippen MR) is 133 cm³/mol. The molecule has 3 atom stereocenters. The molecule has 0 spiro atoms. The summed E-state index contributed by atoms with van der Waals surface area (Å²) >= 11 is 1.56. The van der Waals surface area contributed by atoms with Crippen molar-refractivity contribution < 1.29 is 23.8 Å². The van der Waals surface area contributed by atoms with Gasteiger partial charge in [-0.3, -0.25) is 9.59 Å². The lowest BCUT2D eigenvalue weighted by Crippen LogP contribution is -2.37. The number of nitriles is 1. The largest absolute Gasteiger partial charge is 0.463 e. The van der Waals surface area contributed by atoms with Gasteiger partial charge < -0.3 is 14.2 Å². The number of rotatable bonds is 8. The molecule has 35 heavy (non-hydrogen) atoms. The minimum absolute atomic E-state index is 0.106. The minimum Gasteiger partial charge on any atom is -0.463 e. The summed E-state index contributed by atoms with van der Waals surface area (Å²) in [5, 5.41) is 9.85. The number of benzene rings is 2. The van der Waals surface area contributed by atoms with Gasteiger partial charge in [-0.25, -0.2) is 0 Å². The zero-order valence-corrected chi connectivity index (χ0v) is 21.2. The molecule has 1 heterocycles. The van der Waals surface area contributed by atoms with E-state index in [-0.39, 0.29) is 36.9 Å². The first-order valence-corrected chi connectivity index (χ1v) is 13.2. The highest BCUT2D eigenvalue weighted by molar-refractivity contribution is 7.98. The maximum Gasteiger partial charge on any atom is 0.302 e. The van der Waals surface area contributed by atoms with Crippen LogP contribution in [0.3, 0.4) is 0 Å². The Morgan fingerprint density at radius 3 is 2.46 bits per heavy atom. The molecule has 0 amide bonds. The predicted octanol–water partition coefficient (Wildman–Crippen LogP) is 5.46. The zero-order valence-electron chi connectivity index (χ0n) is 20.4. The second-order valence-corrected chi connectivity index (χ2v) is 10.2. The van der Waals surface area contributed by atoms with E-state index in [4.69, 9.17) is 14.2 Å². The summed E-state index contributed by atoms with van der Waals surface area (Å²) in [5.74, 6) is -0.0141. The van der Waals surface area contributed by atoms with Crippen molar-refractivity contribution in [1.82, 2.24) is 0 Å². The van der Waals surface area contributed by atoms with Crippen LogP contribution in [0, 0.1) is 11.3 Å². The molecule has 1 aliphatic carbocycles. The topological polar surface area (TPSA) is 85.6 Å². The molecular weight excluding hydrogens is 462 g/mol. The lowest BCUT2D eigenvalue weighted by Gasteiger charge is -2.35. The molecule has 0 N–H and O–H groups in total. The van der Waals surface area contributed by atoms with Gasteiger partial charge in [0, 0.05) is 31.6 Å². The molecule has 7 heteroatoms. The van der Waals surface area contributed by atoms with Crippen LogP contribution in [0.1, 0.15) is 79.4 Å². The average molecular weight is 494 g/mol. The van der Waals surface area contributed by atoms with Gasteiger partial charge >= 0.3 is 11.9 Å². The first-order valence-electron chi connectivity index (χ1n) is 12.0. The second-order valence-electron chi connectivity index (χ2n) is 9.31. The Kier molecular flexibility index (Phi) is 8.15. The van der Waals surface area contributed by atoms with E-state index in [1.54, 1.807) is 11.8 Å². The fourth-order valence-electron chi connectivity index (χ4n) is 4.69. The Labute approximate surface area is 210 Å². The molecule has 2 fully saturated rings. The standard InChI is InChI=1S/C28H31NO5S/c1-17(30)32-16-25-13-24(33-18(2)31)14-27(34-25)26-11-22(23(15-29)12-28(26)35-3)10-19-4-6-20(7-5-19)21-8-9-21/h4-7,11-12,21,24-25,27H,8-10,13-14,16H2,1-3H3/t24-,25-,27+/m0/s1. The number of thioether (sulfide) groups is 1.